The van der Waals surface area contributed by atoms with Crippen LogP contribution in [-0.4, -0.2) is 59.9 Å². The first-order valence-electron chi connectivity index (χ1n) is 10.0. The highest BCUT2D eigenvalue weighted by Crippen LogP contribution is 2.31. The third-order valence-electron chi connectivity index (χ3n) is 4.35. The topological polar surface area (TPSA) is 123 Å². The van der Waals surface area contributed by atoms with Gasteiger partial charge in [0, 0.05) is 22.2 Å². The summed E-state index contributed by atoms with van der Waals surface area (Å²) in [6.07, 6.45) is 0. The van der Waals surface area contributed by atoms with Crippen LogP contribution in [0.15, 0.2) is 24.3 Å². The number of rotatable bonds is 13. The van der Waals surface area contributed by atoms with Gasteiger partial charge in [-0.25, -0.2) is 18.7 Å². The van der Waals surface area contributed by atoms with Crippen molar-refractivity contribution in [1.29, 1.82) is 0 Å². The molecule has 34 heavy (non-hydrogen) atoms. The maximum atomic E-state index is 15.0. The molecule has 0 atom stereocenters. The molecular formula is C21H24F3IN4O5. The highest BCUT2D eigenvalue weighted by molar-refractivity contribution is 14.1. The van der Waals surface area contributed by atoms with E-state index in [1.54, 1.807) is 0 Å². The van der Waals surface area contributed by atoms with E-state index in [2.05, 4.69) is 10.6 Å². The molecular weight excluding hydrogens is 572 g/mol. The van der Waals surface area contributed by atoms with Crippen LogP contribution in [0.3, 0.4) is 0 Å². The van der Waals surface area contributed by atoms with Crippen LogP contribution in [0, 0.1) is 21.0 Å². The molecule has 0 saturated heterocycles. The normalized spacial score (nSPS) is 11.1. The molecule has 9 nitrogen and oxygen atoms in total. The van der Waals surface area contributed by atoms with Gasteiger partial charge in [-0.2, -0.15) is 5.06 Å². The minimum atomic E-state index is -1.47. The standard InChI is InChI=1S/C21H24F3IN4O5/c1-12(31)10-26-4-5-29(33)11-13-8-15(21(32)28-34-7-6-30)20(19(24)18(13)23)27-17-3-2-14(25)9-16(17)22/h2-3,8-9,26-27,30,33H,4-7,10-11H2,1H3,(H,28,32). The average Bonchev–Trinajstić information content (AvgIpc) is 2.77. The summed E-state index contributed by atoms with van der Waals surface area (Å²) < 4.78 is 44.7. The Hall–Kier alpha value is -2.30. The number of hydroxylamine groups is 3. The number of aliphatic hydroxyl groups is 1. The van der Waals surface area contributed by atoms with E-state index < -0.39 is 47.8 Å². The SMILES string of the molecule is CC(=O)CNCCN(O)Cc1cc(C(=O)NOCCO)c(Nc2ccc(I)cc2F)c(F)c1F. The quantitative estimate of drug-likeness (QED) is 0.136. The van der Waals surface area contributed by atoms with Gasteiger partial charge in [-0.3, -0.25) is 14.4 Å². The van der Waals surface area contributed by atoms with Crippen LogP contribution in [0.1, 0.15) is 22.8 Å². The van der Waals surface area contributed by atoms with Gasteiger partial charge in [0.15, 0.2) is 11.6 Å². The summed E-state index contributed by atoms with van der Waals surface area (Å²) in [6, 6.07) is 4.99. The van der Waals surface area contributed by atoms with E-state index in [1.807, 2.05) is 28.1 Å². The zero-order valence-electron chi connectivity index (χ0n) is 18.1. The van der Waals surface area contributed by atoms with Crippen LogP contribution in [0.2, 0.25) is 0 Å². The maximum Gasteiger partial charge on any atom is 0.277 e. The van der Waals surface area contributed by atoms with E-state index in [9.17, 15) is 23.6 Å². The molecule has 0 aliphatic rings. The molecule has 0 aromatic heterocycles. The molecule has 1 amide bonds. The summed E-state index contributed by atoms with van der Waals surface area (Å²) in [5.41, 5.74) is 0.374. The Kier molecular flexibility index (Phi) is 11.1. The predicted octanol–water partition coefficient (Wildman–Crippen LogP) is 2.48. The van der Waals surface area contributed by atoms with Gasteiger partial charge >= 0.3 is 0 Å². The molecule has 2 aromatic carbocycles. The van der Waals surface area contributed by atoms with Gasteiger partial charge in [0.05, 0.1) is 43.2 Å². The lowest BCUT2D eigenvalue weighted by Crippen LogP contribution is -2.32. The lowest BCUT2D eigenvalue weighted by molar-refractivity contribution is -0.116. The Bertz CT molecular complexity index is 1030. The second-order valence-electron chi connectivity index (χ2n) is 7.11. The van der Waals surface area contributed by atoms with Crippen LogP contribution >= 0.6 is 22.6 Å². The number of ketones is 1. The van der Waals surface area contributed by atoms with Crippen LogP contribution < -0.4 is 16.1 Å². The molecule has 0 fully saturated rings. The molecule has 0 spiro atoms. The first kappa shape index (κ1) is 27.9. The number of nitrogens with one attached hydrogen (secondary N) is 3. The zero-order valence-corrected chi connectivity index (χ0v) is 20.3. The number of hydrogen-bond donors (Lipinski definition) is 5. The molecule has 0 bridgehead atoms. The van der Waals surface area contributed by atoms with Crippen LogP contribution in [0.5, 0.6) is 0 Å². The Morgan fingerprint density at radius 3 is 2.56 bits per heavy atom. The molecule has 186 valence electrons. The van der Waals surface area contributed by atoms with E-state index in [4.69, 9.17) is 9.94 Å². The zero-order chi connectivity index (χ0) is 25.3. The fraction of sp³-hybridized carbons (Fsp3) is 0.333. The second kappa shape index (κ2) is 13.6. The molecule has 0 saturated carbocycles. The van der Waals surface area contributed by atoms with Crippen molar-refractivity contribution in [2.75, 3.05) is 38.2 Å². The van der Waals surface area contributed by atoms with Crippen molar-refractivity contribution >= 4 is 45.7 Å². The van der Waals surface area contributed by atoms with Crippen molar-refractivity contribution in [2.24, 2.45) is 0 Å². The fourth-order valence-corrected chi connectivity index (χ4v) is 3.24. The number of carbonyl (C=O) groups excluding carboxylic acids is 2. The van der Waals surface area contributed by atoms with Gasteiger partial charge in [0.1, 0.15) is 11.6 Å². The van der Waals surface area contributed by atoms with Crippen LogP contribution in [-0.2, 0) is 16.2 Å². The molecule has 2 rings (SSSR count). The predicted molar refractivity (Wildman–Crippen MR) is 125 cm³/mol. The van der Waals surface area contributed by atoms with Gasteiger partial charge in [0.2, 0.25) is 0 Å². The van der Waals surface area contributed by atoms with Crippen molar-refractivity contribution in [3.8, 4) is 0 Å². The van der Waals surface area contributed by atoms with E-state index in [0.29, 0.717) is 8.63 Å². The molecule has 13 heteroatoms. The Morgan fingerprint density at radius 2 is 1.91 bits per heavy atom. The Labute approximate surface area is 207 Å². The molecule has 0 aliphatic heterocycles. The molecule has 0 aliphatic carbocycles. The van der Waals surface area contributed by atoms with Crippen LogP contribution in [0.4, 0.5) is 24.5 Å². The number of Topliss-reactive ketones (excluding diaryl/α,β-unsaturated/α-hetero) is 1. The number of carbonyl (C=O) groups is 2. The van der Waals surface area contributed by atoms with Gasteiger partial charge in [-0.1, -0.05) is 0 Å². The van der Waals surface area contributed by atoms with Gasteiger partial charge in [-0.15, -0.1) is 0 Å². The van der Waals surface area contributed by atoms with Gasteiger partial charge in [0.25, 0.3) is 5.91 Å². The molecule has 5 N–H and O–H groups in total. The second-order valence-corrected chi connectivity index (χ2v) is 8.35. The third kappa shape index (κ3) is 8.18. The lowest BCUT2D eigenvalue weighted by Gasteiger charge is -2.19. The fourth-order valence-electron chi connectivity index (χ4n) is 2.79. The van der Waals surface area contributed by atoms with E-state index in [0.717, 1.165) is 6.07 Å². The monoisotopic (exact) mass is 596 g/mol. The van der Waals surface area contributed by atoms with Crippen molar-refractivity contribution in [3.63, 3.8) is 0 Å². The Morgan fingerprint density at radius 1 is 1.18 bits per heavy atom. The largest absolute Gasteiger partial charge is 0.394 e. The number of anilines is 2. The molecule has 0 radical (unpaired) electrons. The number of hydrogen-bond acceptors (Lipinski definition) is 8. The number of benzene rings is 2. The molecule has 2 aromatic rings. The van der Waals surface area contributed by atoms with Gasteiger partial charge < -0.3 is 20.9 Å². The van der Waals surface area contributed by atoms with Crippen molar-refractivity contribution in [2.45, 2.75) is 13.5 Å². The van der Waals surface area contributed by atoms with Crippen molar-refractivity contribution < 1.29 is 37.9 Å². The summed E-state index contributed by atoms with van der Waals surface area (Å²) in [7, 11) is 0. The number of halogens is 4. The van der Waals surface area contributed by atoms with Crippen molar-refractivity contribution in [3.05, 3.63) is 56.4 Å². The molecule has 0 unspecified atom stereocenters. The van der Waals surface area contributed by atoms with Crippen molar-refractivity contribution in [1.82, 2.24) is 15.9 Å². The number of amides is 1. The average molecular weight is 596 g/mol. The highest BCUT2D eigenvalue weighted by atomic mass is 127. The maximum absolute atomic E-state index is 15.0. The summed E-state index contributed by atoms with van der Waals surface area (Å²) in [6.45, 7) is 0.493. The summed E-state index contributed by atoms with van der Waals surface area (Å²) in [4.78, 5) is 28.3. The summed E-state index contributed by atoms with van der Waals surface area (Å²) >= 11 is 1.88. The summed E-state index contributed by atoms with van der Waals surface area (Å²) in [5, 5.41) is 24.7. The first-order valence-corrected chi connectivity index (χ1v) is 11.1. The summed E-state index contributed by atoms with van der Waals surface area (Å²) in [5.74, 6) is -4.67. The van der Waals surface area contributed by atoms with Gasteiger partial charge in [-0.05, 0) is 53.8 Å². The van der Waals surface area contributed by atoms with E-state index in [1.165, 1.54) is 25.1 Å². The highest BCUT2D eigenvalue weighted by Gasteiger charge is 2.24. The number of aliphatic hydroxyl groups excluding tert-OH is 1. The van der Waals surface area contributed by atoms with Crippen LogP contribution in [0.25, 0.3) is 0 Å². The smallest absolute Gasteiger partial charge is 0.277 e. The third-order valence-corrected chi connectivity index (χ3v) is 5.02. The first-order chi connectivity index (χ1) is 16.1. The Balaban J connectivity index is 2.34. The van der Waals surface area contributed by atoms with E-state index >= 15 is 4.39 Å². The molecule has 0 heterocycles. The minimum Gasteiger partial charge on any atom is -0.394 e. The number of nitrogens with zero attached hydrogens (tertiary/aromatic N) is 1. The minimum absolute atomic E-state index is 0.0245. The van der Waals surface area contributed by atoms with E-state index in [-0.39, 0.29) is 43.3 Å². The lowest BCUT2D eigenvalue weighted by atomic mass is 10.1.